The molecule has 3 rings (SSSR count). The molecule has 0 saturated heterocycles. The van der Waals surface area contributed by atoms with E-state index < -0.39 is 0 Å². The molecule has 2 amide bonds. The monoisotopic (exact) mass is 370 g/mol. The van der Waals surface area contributed by atoms with Crippen molar-refractivity contribution in [3.63, 3.8) is 0 Å². The number of carbonyl (C=O) groups is 2. The summed E-state index contributed by atoms with van der Waals surface area (Å²) in [6.07, 6.45) is 0.511. The molecule has 7 nitrogen and oxygen atoms in total. The van der Waals surface area contributed by atoms with Gasteiger partial charge in [-0.2, -0.15) is 4.98 Å². The van der Waals surface area contributed by atoms with Crippen molar-refractivity contribution in [2.75, 3.05) is 5.32 Å². The molecular weight excluding hydrogens is 352 g/mol. The molecule has 0 aliphatic heterocycles. The number of benzene rings is 1. The van der Waals surface area contributed by atoms with Crippen molar-refractivity contribution in [2.45, 2.75) is 26.8 Å². The predicted octanol–water partition coefficient (Wildman–Crippen LogP) is 2.98. The van der Waals surface area contributed by atoms with Crippen LogP contribution in [0.2, 0.25) is 0 Å². The average Bonchev–Trinajstić information content (AvgIpc) is 3.23. The summed E-state index contributed by atoms with van der Waals surface area (Å²) in [6.45, 7) is 3.45. The van der Waals surface area contributed by atoms with Gasteiger partial charge in [-0.25, -0.2) is 0 Å². The number of aromatic nitrogens is 2. The number of nitrogens with one attached hydrogen (secondary N) is 2. The number of nitrogens with zero attached hydrogens (tertiary/aromatic N) is 2. The minimum atomic E-state index is -0.104. The van der Waals surface area contributed by atoms with E-state index in [9.17, 15) is 9.59 Å². The Labute approximate surface area is 154 Å². The Morgan fingerprint density at radius 1 is 1.08 bits per heavy atom. The molecule has 0 bridgehead atoms. The van der Waals surface area contributed by atoms with Gasteiger partial charge in [-0.3, -0.25) is 9.59 Å². The first-order valence-corrected chi connectivity index (χ1v) is 8.84. The highest BCUT2D eigenvalue weighted by Gasteiger charge is 2.12. The van der Waals surface area contributed by atoms with Crippen molar-refractivity contribution in [3.8, 4) is 10.7 Å². The zero-order valence-electron chi connectivity index (χ0n) is 14.4. The molecule has 0 aliphatic carbocycles. The van der Waals surface area contributed by atoms with Crippen LogP contribution in [0.5, 0.6) is 0 Å². The highest BCUT2D eigenvalue weighted by molar-refractivity contribution is 7.15. The molecule has 0 spiro atoms. The van der Waals surface area contributed by atoms with Crippen LogP contribution in [0, 0.1) is 0 Å². The zero-order chi connectivity index (χ0) is 18.5. The average molecular weight is 370 g/mol. The maximum atomic E-state index is 11.0. The molecule has 2 heterocycles. The molecule has 0 atom stereocenters. The van der Waals surface area contributed by atoms with Crippen molar-refractivity contribution >= 4 is 28.8 Å². The summed E-state index contributed by atoms with van der Waals surface area (Å²) in [5, 5.41) is 9.52. The third-order valence-electron chi connectivity index (χ3n) is 3.49. The highest BCUT2D eigenvalue weighted by Crippen LogP contribution is 2.26. The molecule has 0 aliphatic rings. The lowest BCUT2D eigenvalue weighted by molar-refractivity contribution is -0.119. The van der Waals surface area contributed by atoms with Crippen molar-refractivity contribution in [3.05, 3.63) is 52.7 Å². The van der Waals surface area contributed by atoms with Crippen LogP contribution in [0.3, 0.4) is 0 Å². The highest BCUT2D eigenvalue weighted by atomic mass is 32.1. The van der Waals surface area contributed by atoms with Gasteiger partial charge in [0.1, 0.15) is 0 Å². The zero-order valence-corrected chi connectivity index (χ0v) is 15.2. The van der Waals surface area contributed by atoms with Crippen molar-refractivity contribution in [1.82, 2.24) is 15.5 Å². The van der Waals surface area contributed by atoms with Gasteiger partial charge in [-0.05, 0) is 29.8 Å². The van der Waals surface area contributed by atoms with E-state index >= 15 is 0 Å². The predicted molar refractivity (Wildman–Crippen MR) is 98.7 cm³/mol. The van der Waals surface area contributed by atoms with Crippen molar-refractivity contribution in [1.29, 1.82) is 0 Å². The molecular formula is C18H18N4O3S. The van der Waals surface area contributed by atoms with Gasteiger partial charge in [-0.15, -0.1) is 11.3 Å². The lowest BCUT2D eigenvalue weighted by atomic mass is 10.1. The molecule has 134 valence electrons. The van der Waals surface area contributed by atoms with Crippen LogP contribution in [-0.4, -0.2) is 22.0 Å². The normalized spacial score (nSPS) is 10.5. The molecule has 0 saturated carbocycles. The SMILES string of the molecule is CC(=O)NCc1ccc(-c2noc(Cc3ccc(NC(C)=O)cc3)n2)s1. The fraction of sp³-hybridized carbons (Fsp3) is 0.222. The van der Waals surface area contributed by atoms with Crippen LogP contribution >= 0.6 is 11.3 Å². The van der Waals surface area contributed by atoms with Gasteiger partial charge in [0.15, 0.2) is 0 Å². The number of thiophene rings is 1. The van der Waals surface area contributed by atoms with Crippen LogP contribution in [0.4, 0.5) is 5.69 Å². The Kier molecular flexibility index (Phi) is 5.43. The summed E-state index contributed by atoms with van der Waals surface area (Å²) >= 11 is 1.52. The first-order valence-electron chi connectivity index (χ1n) is 8.02. The molecule has 2 aromatic heterocycles. The van der Waals surface area contributed by atoms with E-state index in [1.807, 2.05) is 36.4 Å². The molecule has 0 unspecified atom stereocenters. The summed E-state index contributed by atoms with van der Waals surface area (Å²) in [7, 11) is 0. The topological polar surface area (TPSA) is 97.1 Å². The lowest BCUT2D eigenvalue weighted by Crippen LogP contribution is -2.17. The summed E-state index contributed by atoms with van der Waals surface area (Å²) in [5.41, 5.74) is 1.75. The molecule has 0 radical (unpaired) electrons. The van der Waals surface area contributed by atoms with Gasteiger partial charge in [0.2, 0.25) is 23.5 Å². The van der Waals surface area contributed by atoms with E-state index in [1.165, 1.54) is 25.2 Å². The van der Waals surface area contributed by atoms with E-state index in [0.29, 0.717) is 24.7 Å². The second-order valence-corrected chi connectivity index (χ2v) is 6.91. The Hall–Kier alpha value is -3.00. The molecule has 8 heteroatoms. The number of carbonyl (C=O) groups excluding carboxylic acids is 2. The summed E-state index contributed by atoms with van der Waals surface area (Å²) in [5.74, 6) is 0.887. The summed E-state index contributed by atoms with van der Waals surface area (Å²) in [4.78, 5) is 28.4. The first-order chi connectivity index (χ1) is 12.5. The van der Waals surface area contributed by atoms with Crippen LogP contribution in [0.15, 0.2) is 40.9 Å². The number of rotatable bonds is 6. The smallest absolute Gasteiger partial charge is 0.231 e. The Morgan fingerprint density at radius 2 is 1.85 bits per heavy atom. The van der Waals surface area contributed by atoms with Crippen LogP contribution in [0.1, 0.15) is 30.2 Å². The maximum Gasteiger partial charge on any atom is 0.231 e. The Morgan fingerprint density at radius 3 is 2.54 bits per heavy atom. The van der Waals surface area contributed by atoms with E-state index in [-0.39, 0.29) is 11.8 Å². The third-order valence-corrected chi connectivity index (χ3v) is 4.57. The molecule has 2 N–H and O–H groups in total. The van der Waals surface area contributed by atoms with Gasteiger partial charge < -0.3 is 15.2 Å². The van der Waals surface area contributed by atoms with Gasteiger partial charge in [-0.1, -0.05) is 17.3 Å². The van der Waals surface area contributed by atoms with Crippen molar-refractivity contribution in [2.24, 2.45) is 0 Å². The van der Waals surface area contributed by atoms with E-state index in [2.05, 4.69) is 20.8 Å². The van der Waals surface area contributed by atoms with Gasteiger partial charge in [0, 0.05) is 24.4 Å². The maximum absolute atomic E-state index is 11.0. The Bertz CT molecular complexity index is 915. The van der Waals surface area contributed by atoms with E-state index in [1.54, 1.807) is 0 Å². The van der Waals surface area contributed by atoms with E-state index in [4.69, 9.17) is 4.52 Å². The first kappa shape index (κ1) is 17.8. The molecule has 3 aromatic rings. The number of hydrogen-bond donors (Lipinski definition) is 2. The van der Waals surface area contributed by atoms with Gasteiger partial charge in [0.25, 0.3) is 0 Å². The minimum Gasteiger partial charge on any atom is -0.351 e. The fourth-order valence-electron chi connectivity index (χ4n) is 2.32. The van der Waals surface area contributed by atoms with Crippen LogP contribution < -0.4 is 10.6 Å². The minimum absolute atomic E-state index is 0.0636. The molecule has 1 aromatic carbocycles. The quantitative estimate of drug-likeness (QED) is 0.695. The number of anilines is 1. The largest absolute Gasteiger partial charge is 0.351 e. The van der Waals surface area contributed by atoms with Crippen molar-refractivity contribution < 1.29 is 14.1 Å². The molecule has 0 fully saturated rings. The van der Waals surface area contributed by atoms with Gasteiger partial charge in [0.05, 0.1) is 17.8 Å². The Balaban J connectivity index is 1.64. The number of amides is 2. The third kappa shape index (κ3) is 4.76. The fourth-order valence-corrected chi connectivity index (χ4v) is 3.19. The van der Waals surface area contributed by atoms with E-state index in [0.717, 1.165) is 21.0 Å². The van der Waals surface area contributed by atoms with Crippen LogP contribution in [-0.2, 0) is 22.6 Å². The second-order valence-electron chi connectivity index (χ2n) is 5.74. The standard InChI is InChI=1S/C18H18N4O3S/c1-11(23)19-10-15-7-8-16(26-15)18-21-17(25-22-18)9-13-3-5-14(6-4-13)20-12(2)24/h3-8H,9-10H2,1-2H3,(H,19,23)(H,20,24). The summed E-state index contributed by atoms with van der Waals surface area (Å²) < 4.78 is 5.33. The van der Waals surface area contributed by atoms with Gasteiger partial charge >= 0.3 is 0 Å². The lowest BCUT2D eigenvalue weighted by Gasteiger charge is -2.02. The molecule has 26 heavy (non-hydrogen) atoms. The summed E-state index contributed by atoms with van der Waals surface area (Å²) in [6, 6.07) is 11.3. The van der Waals surface area contributed by atoms with Crippen LogP contribution in [0.25, 0.3) is 10.7 Å². The second kappa shape index (κ2) is 7.92. The number of hydrogen-bond acceptors (Lipinski definition) is 6.